The summed E-state index contributed by atoms with van der Waals surface area (Å²) in [4.78, 5) is 4.22. The Morgan fingerprint density at radius 3 is 2.79 bits per heavy atom. The molecule has 2 aromatic heterocycles. The molecule has 0 amide bonds. The van der Waals surface area contributed by atoms with Crippen molar-refractivity contribution in [1.29, 1.82) is 0 Å². The highest BCUT2D eigenvalue weighted by atomic mass is 79.9. The van der Waals surface area contributed by atoms with Crippen LogP contribution in [0.4, 0.5) is 0 Å². The molecule has 0 bridgehead atoms. The largest absolute Gasteiger partial charge is 0.305 e. The van der Waals surface area contributed by atoms with Crippen LogP contribution < -0.4 is 5.32 Å². The van der Waals surface area contributed by atoms with Crippen LogP contribution in [-0.2, 0) is 6.54 Å². The number of aryl methyl sites for hydroxylation is 1. The van der Waals surface area contributed by atoms with Crippen molar-refractivity contribution in [2.75, 3.05) is 6.54 Å². The van der Waals surface area contributed by atoms with Gasteiger partial charge < -0.3 is 5.32 Å². The average Bonchev–Trinajstić information content (AvgIpc) is 2.77. The predicted octanol–water partition coefficient (Wildman–Crippen LogP) is 3.41. The molecule has 6 heteroatoms. The lowest BCUT2D eigenvalue weighted by atomic mass is 10.1. The lowest BCUT2D eigenvalue weighted by Gasteiger charge is -2.20. The molecular weight excluding hydrogens is 328 g/mol. The molecule has 0 saturated carbocycles. The van der Waals surface area contributed by atoms with Crippen molar-refractivity contribution in [3.05, 3.63) is 45.4 Å². The summed E-state index contributed by atoms with van der Waals surface area (Å²) in [5.74, 6) is 0. The first-order valence-electron chi connectivity index (χ1n) is 6.22. The van der Waals surface area contributed by atoms with Gasteiger partial charge in [-0.25, -0.2) is 0 Å². The summed E-state index contributed by atoms with van der Waals surface area (Å²) in [6.07, 6.45) is 5.31. The van der Waals surface area contributed by atoms with Gasteiger partial charge in [0.1, 0.15) is 0 Å². The second kappa shape index (κ2) is 6.50. The zero-order valence-corrected chi connectivity index (χ0v) is 13.2. The van der Waals surface area contributed by atoms with Gasteiger partial charge in [-0.05, 0) is 41.0 Å². The normalized spacial score (nSPS) is 12.6. The molecule has 1 N–H and O–H groups in total. The van der Waals surface area contributed by atoms with Gasteiger partial charge in [0.15, 0.2) is 0 Å². The average molecular weight is 344 g/mol. The van der Waals surface area contributed by atoms with Crippen molar-refractivity contribution >= 4 is 27.5 Å². The highest BCUT2D eigenvalue weighted by molar-refractivity contribution is 9.10. The van der Waals surface area contributed by atoms with Gasteiger partial charge in [0.2, 0.25) is 0 Å². The van der Waals surface area contributed by atoms with E-state index in [-0.39, 0.29) is 6.04 Å². The molecule has 0 aliphatic heterocycles. The van der Waals surface area contributed by atoms with Crippen LogP contribution in [0.15, 0.2) is 29.1 Å². The number of pyridine rings is 1. The van der Waals surface area contributed by atoms with Crippen LogP contribution in [-0.4, -0.2) is 21.3 Å². The summed E-state index contributed by atoms with van der Waals surface area (Å²) in [6, 6.07) is 2.04. The zero-order valence-electron chi connectivity index (χ0n) is 10.9. The van der Waals surface area contributed by atoms with Crippen LogP contribution in [0.3, 0.4) is 0 Å². The number of hydrogen-bond acceptors (Lipinski definition) is 3. The van der Waals surface area contributed by atoms with Crippen LogP contribution in [0, 0.1) is 0 Å². The second-order valence-electron chi connectivity index (χ2n) is 4.12. The van der Waals surface area contributed by atoms with Gasteiger partial charge >= 0.3 is 0 Å². The molecule has 0 aromatic carbocycles. The van der Waals surface area contributed by atoms with E-state index in [4.69, 9.17) is 11.6 Å². The van der Waals surface area contributed by atoms with Crippen molar-refractivity contribution < 1.29 is 0 Å². The minimum atomic E-state index is -0.00931. The van der Waals surface area contributed by atoms with E-state index in [1.165, 1.54) is 0 Å². The fourth-order valence-corrected chi connectivity index (χ4v) is 2.71. The van der Waals surface area contributed by atoms with E-state index >= 15 is 0 Å². The molecule has 0 aliphatic carbocycles. The summed E-state index contributed by atoms with van der Waals surface area (Å²) >= 11 is 9.74. The Kier molecular flexibility index (Phi) is 4.96. The molecule has 4 nitrogen and oxygen atoms in total. The third-order valence-corrected chi connectivity index (χ3v) is 3.60. The topological polar surface area (TPSA) is 42.7 Å². The van der Waals surface area contributed by atoms with E-state index < -0.39 is 0 Å². The maximum Gasteiger partial charge on any atom is 0.0837 e. The standard InChI is InChI=1S/C13H16BrClN4/c1-3-17-12(9-5-10(14)7-16-6-9)13-11(15)8-18-19(13)4-2/h5-8,12,17H,3-4H2,1-2H3. The fourth-order valence-electron chi connectivity index (χ4n) is 2.07. The highest BCUT2D eigenvalue weighted by Crippen LogP contribution is 2.29. The molecule has 2 heterocycles. The predicted molar refractivity (Wildman–Crippen MR) is 80.4 cm³/mol. The molecule has 0 spiro atoms. The second-order valence-corrected chi connectivity index (χ2v) is 5.44. The van der Waals surface area contributed by atoms with E-state index in [0.717, 1.165) is 28.8 Å². The Balaban J connectivity index is 2.48. The summed E-state index contributed by atoms with van der Waals surface area (Å²) < 4.78 is 2.86. The fraction of sp³-hybridized carbons (Fsp3) is 0.385. The molecule has 0 radical (unpaired) electrons. The molecule has 1 unspecified atom stereocenters. The number of rotatable bonds is 5. The van der Waals surface area contributed by atoms with Gasteiger partial charge in [0, 0.05) is 23.4 Å². The Hall–Kier alpha value is -0.910. The van der Waals surface area contributed by atoms with Gasteiger partial charge in [-0.2, -0.15) is 5.10 Å². The molecular formula is C13H16BrClN4. The van der Waals surface area contributed by atoms with Crippen molar-refractivity contribution in [2.24, 2.45) is 0 Å². The summed E-state index contributed by atoms with van der Waals surface area (Å²) in [5.41, 5.74) is 2.04. The molecule has 2 aromatic rings. The maximum atomic E-state index is 6.29. The number of aromatic nitrogens is 3. The molecule has 2 rings (SSSR count). The first-order valence-corrected chi connectivity index (χ1v) is 7.39. The van der Waals surface area contributed by atoms with Crippen LogP contribution >= 0.6 is 27.5 Å². The smallest absolute Gasteiger partial charge is 0.0837 e. The molecule has 19 heavy (non-hydrogen) atoms. The van der Waals surface area contributed by atoms with E-state index in [1.54, 1.807) is 12.4 Å². The first-order chi connectivity index (χ1) is 9.17. The molecule has 1 atom stereocenters. The quantitative estimate of drug-likeness (QED) is 0.904. The Morgan fingerprint density at radius 2 is 2.16 bits per heavy atom. The van der Waals surface area contributed by atoms with Crippen molar-refractivity contribution in [3.63, 3.8) is 0 Å². The van der Waals surface area contributed by atoms with Gasteiger partial charge in [0.05, 0.1) is 23.0 Å². The summed E-state index contributed by atoms with van der Waals surface area (Å²) in [7, 11) is 0. The summed E-state index contributed by atoms with van der Waals surface area (Å²) in [6.45, 7) is 5.74. The molecule has 102 valence electrons. The van der Waals surface area contributed by atoms with E-state index in [0.29, 0.717) is 5.02 Å². The third-order valence-electron chi connectivity index (χ3n) is 2.87. The molecule has 0 fully saturated rings. The Labute approximate surface area is 126 Å². The number of nitrogens with one attached hydrogen (secondary N) is 1. The van der Waals surface area contributed by atoms with E-state index in [1.807, 2.05) is 16.9 Å². The van der Waals surface area contributed by atoms with Gasteiger partial charge in [0.25, 0.3) is 0 Å². The van der Waals surface area contributed by atoms with Gasteiger partial charge in [-0.1, -0.05) is 18.5 Å². The highest BCUT2D eigenvalue weighted by Gasteiger charge is 2.21. The van der Waals surface area contributed by atoms with Crippen molar-refractivity contribution in [2.45, 2.75) is 26.4 Å². The monoisotopic (exact) mass is 342 g/mol. The van der Waals surface area contributed by atoms with Gasteiger partial charge in [-0.15, -0.1) is 0 Å². The first kappa shape index (κ1) is 14.5. The maximum absolute atomic E-state index is 6.29. The zero-order chi connectivity index (χ0) is 13.8. The molecule has 0 aliphatic rings. The van der Waals surface area contributed by atoms with Crippen LogP contribution in [0.1, 0.15) is 31.1 Å². The minimum absolute atomic E-state index is 0.00931. The lowest BCUT2D eigenvalue weighted by Crippen LogP contribution is -2.25. The van der Waals surface area contributed by atoms with Crippen molar-refractivity contribution in [3.8, 4) is 0 Å². The Morgan fingerprint density at radius 1 is 1.37 bits per heavy atom. The Bertz CT molecular complexity index is 555. The number of halogens is 2. The van der Waals surface area contributed by atoms with E-state index in [9.17, 15) is 0 Å². The van der Waals surface area contributed by atoms with Gasteiger partial charge in [-0.3, -0.25) is 9.67 Å². The SMILES string of the molecule is CCNC(c1cncc(Br)c1)c1c(Cl)cnn1CC. The van der Waals surface area contributed by atoms with E-state index in [2.05, 4.69) is 45.2 Å². The third kappa shape index (κ3) is 3.16. The summed E-state index contributed by atoms with van der Waals surface area (Å²) in [5, 5.41) is 8.41. The van der Waals surface area contributed by atoms with Crippen molar-refractivity contribution in [1.82, 2.24) is 20.1 Å². The molecule has 0 saturated heterocycles. The number of nitrogens with zero attached hydrogens (tertiary/aromatic N) is 3. The number of hydrogen-bond donors (Lipinski definition) is 1. The van der Waals surface area contributed by atoms with Crippen LogP contribution in [0.5, 0.6) is 0 Å². The van der Waals surface area contributed by atoms with Crippen LogP contribution in [0.2, 0.25) is 5.02 Å². The van der Waals surface area contributed by atoms with Crippen LogP contribution in [0.25, 0.3) is 0 Å². The lowest BCUT2D eigenvalue weighted by molar-refractivity contribution is 0.541. The minimum Gasteiger partial charge on any atom is -0.305 e.